The van der Waals surface area contributed by atoms with Crippen LogP contribution in [0.2, 0.25) is 0 Å². The van der Waals surface area contributed by atoms with Crippen molar-refractivity contribution in [1.82, 2.24) is 0 Å². The molecule has 9 nitrogen and oxygen atoms in total. The molecule has 0 aliphatic heterocycles. The fourth-order valence-corrected chi connectivity index (χ4v) is 10.2. The Bertz CT molecular complexity index is 1090. The highest BCUT2D eigenvalue weighted by molar-refractivity contribution is 7.47. The lowest BCUT2D eigenvalue weighted by molar-refractivity contribution is -0.161. The van der Waals surface area contributed by atoms with E-state index in [1.807, 2.05) is 0 Å². The Balaban J connectivity index is 3.84. The second kappa shape index (κ2) is 56.3. The number of phosphoric acid groups is 1. The molecule has 0 amide bonds. The second-order valence-corrected chi connectivity index (χ2v) is 22.4. The third-order valence-corrected chi connectivity index (χ3v) is 15.0. The van der Waals surface area contributed by atoms with Crippen LogP contribution in [0.4, 0.5) is 0 Å². The van der Waals surface area contributed by atoms with Gasteiger partial charge in [-0.3, -0.25) is 18.6 Å². The summed E-state index contributed by atoms with van der Waals surface area (Å²) in [6.45, 7) is 3.83. The summed E-state index contributed by atoms with van der Waals surface area (Å²) in [7, 11) is -4.38. The zero-order valence-corrected chi connectivity index (χ0v) is 47.0. The number of esters is 2. The van der Waals surface area contributed by atoms with Crippen molar-refractivity contribution < 1.29 is 37.6 Å². The molecule has 10 heteroatoms. The number of phosphoric ester groups is 1. The van der Waals surface area contributed by atoms with Crippen LogP contribution in [0.5, 0.6) is 0 Å². The van der Waals surface area contributed by atoms with Gasteiger partial charge in [0.1, 0.15) is 6.61 Å². The number of rotatable bonds is 59. The molecular weight excluding hydrogens is 882 g/mol. The van der Waals surface area contributed by atoms with Gasteiger partial charge < -0.3 is 20.1 Å². The molecule has 2 unspecified atom stereocenters. The molecule has 3 N–H and O–H groups in total. The van der Waals surface area contributed by atoms with E-state index in [0.29, 0.717) is 6.42 Å². The third-order valence-electron chi connectivity index (χ3n) is 14.0. The fraction of sp³-hybridized carbons (Fsp3) is 0.966. The molecule has 0 aromatic carbocycles. The Morgan fingerprint density at radius 1 is 0.377 bits per heavy atom. The first-order valence-electron chi connectivity index (χ1n) is 30.5. The molecule has 0 aliphatic carbocycles. The van der Waals surface area contributed by atoms with Crippen LogP contribution in [0.15, 0.2) is 0 Å². The molecule has 0 radical (unpaired) electrons. The predicted molar refractivity (Wildman–Crippen MR) is 294 cm³/mol. The smallest absolute Gasteiger partial charge is 0.462 e. The van der Waals surface area contributed by atoms with Gasteiger partial charge in [-0.2, -0.15) is 0 Å². The summed E-state index contributed by atoms with van der Waals surface area (Å²) in [5.41, 5.74) is 5.38. The number of carbonyl (C=O) groups excluding carboxylic acids is 2. The van der Waals surface area contributed by atoms with Gasteiger partial charge in [0.05, 0.1) is 13.2 Å². The molecule has 0 saturated carbocycles. The summed E-state index contributed by atoms with van der Waals surface area (Å²) >= 11 is 0. The quantitative estimate of drug-likeness (QED) is 0.0347. The maximum atomic E-state index is 12.7. The van der Waals surface area contributed by atoms with E-state index in [4.69, 9.17) is 24.3 Å². The van der Waals surface area contributed by atoms with Crippen LogP contribution in [-0.4, -0.2) is 49.3 Å². The first-order chi connectivity index (χ1) is 33.8. The van der Waals surface area contributed by atoms with Crippen molar-refractivity contribution >= 4 is 19.8 Å². The summed E-state index contributed by atoms with van der Waals surface area (Å²) < 4.78 is 33.1. The molecule has 0 aromatic rings. The molecule has 0 spiro atoms. The van der Waals surface area contributed by atoms with Crippen LogP contribution in [-0.2, 0) is 32.7 Å². The minimum atomic E-state index is -4.38. The molecule has 0 fully saturated rings. The third kappa shape index (κ3) is 56.2. The first kappa shape index (κ1) is 68.0. The van der Waals surface area contributed by atoms with E-state index in [-0.39, 0.29) is 38.6 Å². The Morgan fingerprint density at radius 2 is 0.623 bits per heavy atom. The minimum absolute atomic E-state index is 0.0586. The molecule has 0 bridgehead atoms. The van der Waals surface area contributed by atoms with Gasteiger partial charge in [0.15, 0.2) is 6.10 Å². The lowest BCUT2D eigenvalue weighted by Crippen LogP contribution is -2.29. The van der Waals surface area contributed by atoms with E-state index in [0.717, 1.165) is 32.1 Å². The molecule has 0 aliphatic rings. The molecule has 412 valence electrons. The van der Waals surface area contributed by atoms with Crippen LogP contribution < -0.4 is 5.73 Å². The van der Waals surface area contributed by atoms with Gasteiger partial charge in [0.2, 0.25) is 0 Å². The van der Waals surface area contributed by atoms with Gasteiger partial charge >= 0.3 is 19.8 Å². The Hall–Kier alpha value is -0.990. The molecular formula is C59H118NO8P. The van der Waals surface area contributed by atoms with Gasteiger partial charge in [-0.15, -0.1) is 0 Å². The Labute approximate surface area is 428 Å². The van der Waals surface area contributed by atoms with Crippen molar-refractivity contribution in [3.8, 4) is 0 Å². The maximum absolute atomic E-state index is 12.7. The lowest BCUT2D eigenvalue weighted by Gasteiger charge is -2.19. The van der Waals surface area contributed by atoms with E-state index < -0.39 is 26.5 Å². The van der Waals surface area contributed by atoms with E-state index in [1.165, 1.54) is 270 Å². The highest BCUT2D eigenvalue weighted by atomic mass is 31.2. The van der Waals surface area contributed by atoms with Crippen LogP contribution >= 0.6 is 7.82 Å². The highest BCUT2D eigenvalue weighted by Crippen LogP contribution is 2.43. The monoisotopic (exact) mass is 1000 g/mol. The van der Waals surface area contributed by atoms with Crippen molar-refractivity contribution in [1.29, 1.82) is 0 Å². The lowest BCUT2D eigenvalue weighted by atomic mass is 10.0. The highest BCUT2D eigenvalue weighted by Gasteiger charge is 2.26. The Morgan fingerprint density at radius 3 is 0.884 bits per heavy atom. The molecule has 0 aromatic heterocycles. The van der Waals surface area contributed by atoms with Gasteiger partial charge in [0.25, 0.3) is 0 Å². The number of hydrogen-bond donors (Lipinski definition) is 2. The number of hydrogen-bond acceptors (Lipinski definition) is 8. The molecule has 0 rings (SSSR count). The minimum Gasteiger partial charge on any atom is -0.462 e. The van der Waals surface area contributed by atoms with Crippen molar-refractivity contribution in [3.05, 3.63) is 0 Å². The van der Waals surface area contributed by atoms with Crippen LogP contribution in [0.25, 0.3) is 0 Å². The summed E-state index contributed by atoms with van der Waals surface area (Å²) in [6, 6.07) is 0. The van der Waals surface area contributed by atoms with Crippen molar-refractivity contribution in [2.75, 3.05) is 26.4 Å². The number of carbonyl (C=O) groups is 2. The van der Waals surface area contributed by atoms with Crippen LogP contribution in [0, 0.1) is 0 Å². The number of ether oxygens (including phenoxy) is 2. The Kier molecular flexibility index (Phi) is 55.5. The van der Waals surface area contributed by atoms with Crippen molar-refractivity contribution in [2.24, 2.45) is 5.73 Å². The first-order valence-corrected chi connectivity index (χ1v) is 32.0. The SMILES string of the molecule is CCCCCCCCCCCCCCCCCCCCCCCCCCCCCCCCC(=O)OC(COC(=O)CCCCCCCCCCCCCCCCCCCC)COP(=O)(O)OCCN. The van der Waals surface area contributed by atoms with Gasteiger partial charge in [-0.05, 0) is 12.8 Å². The molecule has 69 heavy (non-hydrogen) atoms. The topological polar surface area (TPSA) is 134 Å². The molecule has 0 saturated heterocycles. The number of nitrogens with two attached hydrogens (primary N) is 1. The van der Waals surface area contributed by atoms with E-state index >= 15 is 0 Å². The zero-order chi connectivity index (χ0) is 50.2. The van der Waals surface area contributed by atoms with E-state index in [2.05, 4.69) is 13.8 Å². The second-order valence-electron chi connectivity index (χ2n) is 20.9. The summed E-state index contributed by atoms with van der Waals surface area (Å²) in [5.74, 6) is -0.802. The normalized spacial score (nSPS) is 12.9. The standard InChI is InChI=1S/C59H118NO8P/c1-3-5-7-9-11-13-15-17-19-21-23-24-25-26-27-28-29-30-31-32-33-34-36-38-40-42-44-46-48-50-52-59(62)68-57(56-67-69(63,64)66-54-53-60)55-65-58(61)51-49-47-45-43-41-39-37-35-22-20-18-16-14-12-10-8-6-4-2/h57H,3-56,60H2,1-2H3,(H,63,64). The number of unbranched alkanes of at least 4 members (excludes halogenated alkanes) is 46. The zero-order valence-electron chi connectivity index (χ0n) is 46.1. The van der Waals surface area contributed by atoms with Crippen molar-refractivity contribution in [3.63, 3.8) is 0 Å². The average molecular weight is 1000 g/mol. The maximum Gasteiger partial charge on any atom is 0.472 e. The van der Waals surface area contributed by atoms with Crippen LogP contribution in [0.3, 0.4) is 0 Å². The molecule has 2 atom stereocenters. The van der Waals surface area contributed by atoms with E-state index in [9.17, 15) is 19.0 Å². The van der Waals surface area contributed by atoms with Gasteiger partial charge in [-0.1, -0.05) is 309 Å². The average Bonchev–Trinajstić information content (AvgIpc) is 3.34. The van der Waals surface area contributed by atoms with E-state index in [1.54, 1.807) is 0 Å². The van der Waals surface area contributed by atoms with Gasteiger partial charge in [0, 0.05) is 19.4 Å². The van der Waals surface area contributed by atoms with Gasteiger partial charge in [-0.25, -0.2) is 4.57 Å². The van der Waals surface area contributed by atoms with Crippen LogP contribution in [0.1, 0.15) is 335 Å². The predicted octanol–water partition coefficient (Wildman–Crippen LogP) is 19.1. The summed E-state index contributed by atoms with van der Waals surface area (Å²) in [6.07, 6.45) is 63.2. The van der Waals surface area contributed by atoms with Crippen molar-refractivity contribution in [2.45, 2.75) is 341 Å². The molecule has 0 heterocycles. The summed E-state index contributed by atoms with van der Waals surface area (Å²) in [4.78, 5) is 35.2. The largest absolute Gasteiger partial charge is 0.472 e. The fourth-order valence-electron chi connectivity index (χ4n) is 9.46. The summed E-state index contributed by atoms with van der Waals surface area (Å²) in [5, 5.41) is 0.